The molecule has 1 aliphatic heterocycles. The molecule has 16 heavy (non-hydrogen) atoms. The summed E-state index contributed by atoms with van der Waals surface area (Å²) in [6.07, 6.45) is 0.781. The van der Waals surface area contributed by atoms with E-state index in [0.29, 0.717) is 6.54 Å². The minimum Gasteiger partial charge on any atom is -0.376 e. The van der Waals surface area contributed by atoms with E-state index in [2.05, 4.69) is 15.5 Å². The minimum atomic E-state index is -0.246. The number of benzene rings is 1. The first kappa shape index (κ1) is 9.33. The van der Waals surface area contributed by atoms with Crippen molar-refractivity contribution in [2.75, 3.05) is 5.32 Å². The highest BCUT2D eigenvalue weighted by Gasteiger charge is 2.20. The molecule has 0 aliphatic carbocycles. The maximum absolute atomic E-state index is 13.2. The lowest BCUT2D eigenvalue weighted by Gasteiger charge is -2.20. The Morgan fingerprint density at radius 2 is 2.31 bits per heavy atom. The molecule has 5 heteroatoms. The number of aromatic nitrogens is 3. The summed E-state index contributed by atoms with van der Waals surface area (Å²) in [5.41, 5.74) is 1.71. The third-order valence-corrected chi connectivity index (χ3v) is 2.75. The zero-order chi connectivity index (χ0) is 11.1. The van der Waals surface area contributed by atoms with Gasteiger partial charge in [-0.1, -0.05) is 6.92 Å². The Kier molecular flexibility index (Phi) is 1.92. The molecule has 0 fully saturated rings. The van der Waals surface area contributed by atoms with E-state index in [1.165, 1.54) is 12.1 Å². The predicted molar refractivity (Wildman–Crippen MR) is 58.0 cm³/mol. The Labute approximate surface area is 92.1 Å². The van der Waals surface area contributed by atoms with Crippen molar-refractivity contribution >= 4 is 5.69 Å². The third kappa shape index (κ3) is 1.21. The molecule has 4 nitrogen and oxygen atoms in total. The number of nitrogens with one attached hydrogen (secondary N) is 1. The fourth-order valence-electron chi connectivity index (χ4n) is 1.99. The van der Waals surface area contributed by atoms with Crippen LogP contribution in [0.3, 0.4) is 0 Å². The van der Waals surface area contributed by atoms with Crippen LogP contribution < -0.4 is 5.32 Å². The van der Waals surface area contributed by atoms with Crippen LogP contribution in [0.15, 0.2) is 18.2 Å². The number of nitrogens with zero attached hydrogens (tertiary/aromatic N) is 3. The summed E-state index contributed by atoms with van der Waals surface area (Å²) in [7, 11) is 0. The molecule has 0 bridgehead atoms. The van der Waals surface area contributed by atoms with Crippen molar-refractivity contribution in [3.63, 3.8) is 0 Å². The first-order valence-electron chi connectivity index (χ1n) is 5.26. The van der Waals surface area contributed by atoms with Gasteiger partial charge in [0.05, 0.1) is 17.9 Å². The van der Waals surface area contributed by atoms with E-state index in [0.717, 1.165) is 29.4 Å². The first-order chi connectivity index (χ1) is 7.79. The van der Waals surface area contributed by atoms with E-state index in [4.69, 9.17) is 0 Å². The molecular formula is C11H11FN4. The van der Waals surface area contributed by atoms with Gasteiger partial charge >= 0.3 is 0 Å². The van der Waals surface area contributed by atoms with Crippen LogP contribution in [0.2, 0.25) is 0 Å². The van der Waals surface area contributed by atoms with Crippen LogP contribution in [0.4, 0.5) is 10.1 Å². The van der Waals surface area contributed by atoms with Gasteiger partial charge in [-0.05, 0) is 12.1 Å². The van der Waals surface area contributed by atoms with Gasteiger partial charge in [0, 0.05) is 12.5 Å². The molecule has 2 aromatic rings. The average molecular weight is 218 g/mol. The number of anilines is 1. The maximum atomic E-state index is 13.2. The van der Waals surface area contributed by atoms with E-state index in [1.54, 1.807) is 6.07 Å². The molecule has 0 unspecified atom stereocenters. The number of rotatable bonds is 1. The molecule has 3 rings (SSSR count). The number of hydrogen-bond acceptors (Lipinski definition) is 3. The van der Waals surface area contributed by atoms with E-state index in [9.17, 15) is 4.39 Å². The third-order valence-electron chi connectivity index (χ3n) is 2.75. The standard InChI is InChI=1S/C11H11FN4/c1-2-10-14-15-11-6-13-8-4-3-7(12)5-9(8)16(10)11/h3-5,13H,2,6H2,1H3. The van der Waals surface area contributed by atoms with Crippen molar-refractivity contribution in [2.45, 2.75) is 19.9 Å². The highest BCUT2D eigenvalue weighted by molar-refractivity contribution is 5.63. The van der Waals surface area contributed by atoms with Gasteiger partial charge in [0.2, 0.25) is 0 Å². The molecular weight excluding hydrogens is 207 g/mol. The fraction of sp³-hybridized carbons (Fsp3) is 0.273. The van der Waals surface area contributed by atoms with Crippen molar-refractivity contribution in [1.82, 2.24) is 14.8 Å². The Morgan fingerprint density at radius 1 is 1.44 bits per heavy atom. The van der Waals surface area contributed by atoms with Crippen LogP contribution in [0.5, 0.6) is 0 Å². The van der Waals surface area contributed by atoms with Crippen molar-refractivity contribution in [3.05, 3.63) is 35.7 Å². The van der Waals surface area contributed by atoms with Crippen LogP contribution in [-0.2, 0) is 13.0 Å². The molecule has 1 aromatic heterocycles. The second kappa shape index (κ2) is 3.30. The van der Waals surface area contributed by atoms with Crippen LogP contribution in [0.25, 0.3) is 5.69 Å². The quantitative estimate of drug-likeness (QED) is 0.794. The summed E-state index contributed by atoms with van der Waals surface area (Å²) >= 11 is 0. The molecule has 0 saturated heterocycles. The van der Waals surface area contributed by atoms with E-state index < -0.39 is 0 Å². The van der Waals surface area contributed by atoms with E-state index in [-0.39, 0.29) is 5.82 Å². The molecule has 0 amide bonds. The van der Waals surface area contributed by atoms with Crippen LogP contribution in [-0.4, -0.2) is 14.8 Å². The highest BCUT2D eigenvalue weighted by atomic mass is 19.1. The Bertz CT molecular complexity index is 533. The number of aryl methyl sites for hydroxylation is 1. The molecule has 1 N–H and O–H groups in total. The average Bonchev–Trinajstić information content (AvgIpc) is 2.72. The Morgan fingerprint density at radius 3 is 3.12 bits per heavy atom. The van der Waals surface area contributed by atoms with Crippen molar-refractivity contribution in [1.29, 1.82) is 0 Å². The van der Waals surface area contributed by atoms with Crippen LogP contribution >= 0.6 is 0 Å². The number of fused-ring (bicyclic) bond motifs is 3. The van der Waals surface area contributed by atoms with Crippen LogP contribution in [0.1, 0.15) is 18.6 Å². The lowest BCUT2D eigenvalue weighted by molar-refractivity contribution is 0.625. The molecule has 0 atom stereocenters. The summed E-state index contributed by atoms with van der Waals surface area (Å²) in [6, 6.07) is 4.70. The van der Waals surface area contributed by atoms with Gasteiger partial charge in [0.1, 0.15) is 11.6 Å². The van der Waals surface area contributed by atoms with Gasteiger partial charge in [0.25, 0.3) is 0 Å². The first-order valence-corrected chi connectivity index (χ1v) is 5.26. The molecule has 0 saturated carbocycles. The van der Waals surface area contributed by atoms with E-state index in [1.807, 2.05) is 11.5 Å². The van der Waals surface area contributed by atoms with Crippen molar-refractivity contribution in [2.24, 2.45) is 0 Å². The Hall–Kier alpha value is -1.91. The topological polar surface area (TPSA) is 42.7 Å². The van der Waals surface area contributed by atoms with Crippen molar-refractivity contribution in [3.8, 4) is 5.69 Å². The van der Waals surface area contributed by atoms with Crippen molar-refractivity contribution < 1.29 is 4.39 Å². The van der Waals surface area contributed by atoms with Gasteiger partial charge in [-0.25, -0.2) is 4.39 Å². The fourth-order valence-corrected chi connectivity index (χ4v) is 1.99. The molecule has 0 spiro atoms. The highest BCUT2D eigenvalue weighted by Crippen LogP contribution is 2.28. The second-order valence-electron chi connectivity index (χ2n) is 3.74. The minimum absolute atomic E-state index is 0.246. The van der Waals surface area contributed by atoms with Gasteiger partial charge in [-0.15, -0.1) is 10.2 Å². The summed E-state index contributed by atoms with van der Waals surface area (Å²) in [4.78, 5) is 0. The van der Waals surface area contributed by atoms with Gasteiger partial charge in [-0.2, -0.15) is 0 Å². The van der Waals surface area contributed by atoms with Gasteiger partial charge in [0.15, 0.2) is 5.82 Å². The lowest BCUT2D eigenvalue weighted by Crippen LogP contribution is -2.17. The Balaban J connectivity index is 2.27. The summed E-state index contributed by atoms with van der Waals surface area (Å²) in [5, 5.41) is 11.4. The van der Waals surface area contributed by atoms with E-state index >= 15 is 0 Å². The molecule has 82 valence electrons. The zero-order valence-electron chi connectivity index (χ0n) is 8.87. The number of hydrogen-bond donors (Lipinski definition) is 1. The number of halogens is 1. The van der Waals surface area contributed by atoms with Crippen LogP contribution in [0, 0.1) is 5.82 Å². The normalized spacial score (nSPS) is 12.9. The summed E-state index contributed by atoms with van der Waals surface area (Å²) < 4.78 is 15.2. The molecule has 0 radical (unpaired) electrons. The monoisotopic (exact) mass is 218 g/mol. The summed E-state index contributed by atoms with van der Waals surface area (Å²) in [6.45, 7) is 2.64. The second-order valence-corrected chi connectivity index (χ2v) is 3.74. The molecule has 1 aliphatic rings. The molecule has 1 aromatic carbocycles. The SMILES string of the molecule is CCc1nnc2n1-c1cc(F)ccc1NC2. The van der Waals surface area contributed by atoms with Gasteiger partial charge in [-0.3, -0.25) is 4.57 Å². The molecule has 2 heterocycles. The smallest absolute Gasteiger partial charge is 0.157 e. The largest absolute Gasteiger partial charge is 0.376 e. The lowest BCUT2D eigenvalue weighted by atomic mass is 10.2. The maximum Gasteiger partial charge on any atom is 0.157 e. The van der Waals surface area contributed by atoms with Gasteiger partial charge < -0.3 is 5.32 Å². The predicted octanol–water partition coefficient (Wildman–Crippen LogP) is 1.89. The zero-order valence-corrected chi connectivity index (χ0v) is 8.87. The summed E-state index contributed by atoms with van der Waals surface area (Å²) in [5.74, 6) is 1.45.